The Balaban J connectivity index is 1.57. The van der Waals surface area contributed by atoms with Crippen LogP contribution in [0.25, 0.3) is 10.9 Å². The van der Waals surface area contributed by atoms with E-state index in [9.17, 15) is 4.79 Å². The Morgan fingerprint density at radius 2 is 1.51 bits per heavy atom. The van der Waals surface area contributed by atoms with Gasteiger partial charge in [0.2, 0.25) is 0 Å². The van der Waals surface area contributed by atoms with Gasteiger partial charge in [0.25, 0.3) is 0 Å². The predicted molar refractivity (Wildman–Crippen MR) is 162 cm³/mol. The zero-order valence-electron chi connectivity index (χ0n) is 21.6. The number of esters is 1. The highest BCUT2D eigenvalue weighted by atomic mass is 79.9. The van der Waals surface area contributed by atoms with E-state index < -0.39 is 0 Å². The molecule has 0 saturated carbocycles. The van der Waals surface area contributed by atoms with Crippen molar-refractivity contribution in [3.05, 3.63) is 136 Å². The summed E-state index contributed by atoms with van der Waals surface area (Å²) in [5, 5.41) is 2.68. The Kier molecular flexibility index (Phi) is 8.70. The minimum atomic E-state index is -0.364. The number of benzene rings is 4. The molecule has 5 rings (SSSR count). The number of carbonyl (C=O) groups is 1. The third kappa shape index (κ3) is 5.90. The van der Waals surface area contributed by atoms with Gasteiger partial charge in [-0.1, -0.05) is 88.2 Å². The molecule has 0 fully saturated rings. The largest absolute Gasteiger partial charge is 0.493 e. The fourth-order valence-corrected chi connectivity index (χ4v) is 5.73. The van der Waals surface area contributed by atoms with Gasteiger partial charge < -0.3 is 14.0 Å². The summed E-state index contributed by atoms with van der Waals surface area (Å²) in [5.74, 6) is 0.343. The Morgan fingerprint density at radius 3 is 2.10 bits per heavy atom. The van der Waals surface area contributed by atoms with Crippen molar-refractivity contribution in [3.63, 3.8) is 0 Å². The Morgan fingerprint density at radius 1 is 0.872 bits per heavy atom. The van der Waals surface area contributed by atoms with Crippen molar-refractivity contribution in [2.45, 2.75) is 18.9 Å². The fourth-order valence-electron chi connectivity index (χ4n) is 5.18. The third-order valence-corrected chi connectivity index (χ3v) is 7.53. The molecule has 0 N–H and O–H groups in total. The van der Waals surface area contributed by atoms with Crippen LogP contribution in [0.15, 0.2) is 103 Å². The topological polar surface area (TPSA) is 40.5 Å². The van der Waals surface area contributed by atoms with Crippen LogP contribution in [0.4, 0.5) is 0 Å². The molecule has 198 valence electrons. The molecule has 4 nitrogen and oxygen atoms in total. The molecule has 1 heterocycles. The standard InChI is InChI=1S/C33H29BrClNO3/c1-38-33(37)25-12-15-27(16-13-25)39-21-19-28-29-22-26(35)14-17-30(29)36(31(28)18-20-34)32(23-8-4-2-5-9-23)24-10-6-3-7-11-24/h2-17,22,32H,18-21H2,1H3. The van der Waals surface area contributed by atoms with Crippen molar-refractivity contribution in [3.8, 4) is 5.75 Å². The van der Waals surface area contributed by atoms with Crippen LogP contribution in [-0.4, -0.2) is 29.6 Å². The summed E-state index contributed by atoms with van der Waals surface area (Å²) in [4.78, 5) is 11.8. The molecular formula is C33H29BrClNO3. The molecular weight excluding hydrogens is 574 g/mol. The third-order valence-electron chi connectivity index (χ3n) is 6.90. The number of aromatic nitrogens is 1. The molecule has 6 heteroatoms. The first-order valence-corrected chi connectivity index (χ1v) is 14.4. The summed E-state index contributed by atoms with van der Waals surface area (Å²) in [5.41, 5.74) is 6.57. The van der Waals surface area contributed by atoms with Crippen LogP contribution in [0.3, 0.4) is 0 Å². The molecule has 0 bridgehead atoms. The second-order valence-corrected chi connectivity index (χ2v) is 10.5. The Bertz CT molecular complexity index is 1510. The van der Waals surface area contributed by atoms with E-state index in [1.165, 1.54) is 29.5 Å². The van der Waals surface area contributed by atoms with E-state index in [2.05, 4.69) is 93.3 Å². The summed E-state index contributed by atoms with van der Waals surface area (Å²) in [6, 6.07) is 34.5. The first-order chi connectivity index (χ1) is 19.1. The number of hydrogen-bond acceptors (Lipinski definition) is 3. The van der Waals surface area contributed by atoms with E-state index in [0.29, 0.717) is 29.4 Å². The van der Waals surface area contributed by atoms with Crippen LogP contribution in [0, 0.1) is 0 Å². The van der Waals surface area contributed by atoms with Gasteiger partial charge in [-0.25, -0.2) is 4.79 Å². The van der Waals surface area contributed by atoms with Gasteiger partial charge in [-0.05, 0) is 65.6 Å². The van der Waals surface area contributed by atoms with Crippen LogP contribution in [-0.2, 0) is 17.6 Å². The lowest BCUT2D eigenvalue weighted by molar-refractivity contribution is 0.0600. The van der Waals surface area contributed by atoms with Crippen molar-refractivity contribution < 1.29 is 14.3 Å². The lowest BCUT2D eigenvalue weighted by Crippen LogP contribution is -2.16. The van der Waals surface area contributed by atoms with Crippen molar-refractivity contribution in [2.75, 3.05) is 19.0 Å². The highest BCUT2D eigenvalue weighted by Gasteiger charge is 2.25. The summed E-state index contributed by atoms with van der Waals surface area (Å²) in [6.07, 6.45) is 1.56. The zero-order chi connectivity index (χ0) is 27.2. The van der Waals surface area contributed by atoms with E-state index in [4.69, 9.17) is 21.1 Å². The van der Waals surface area contributed by atoms with E-state index in [1.54, 1.807) is 24.3 Å². The van der Waals surface area contributed by atoms with Gasteiger partial charge in [0.1, 0.15) is 5.75 Å². The van der Waals surface area contributed by atoms with E-state index in [0.717, 1.165) is 22.7 Å². The van der Waals surface area contributed by atoms with Crippen LogP contribution in [0.1, 0.15) is 38.8 Å². The number of carbonyl (C=O) groups excluding carboxylic acids is 1. The SMILES string of the molecule is COC(=O)c1ccc(OCCc2c(CCBr)n(C(c3ccccc3)c3ccccc3)c3ccc(Cl)cc23)cc1. The maximum absolute atomic E-state index is 11.8. The lowest BCUT2D eigenvalue weighted by Gasteiger charge is -2.24. The molecule has 0 aliphatic carbocycles. The van der Waals surface area contributed by atoms with Crippen molar-refractivity contribution in [2.24, 2.45) is 0 Å². The summed E-state index contributed by atoms with van der Waals surface area (Å²) >= 11 is 10.2. The molecule has 0 atom stereocenters. The normalized spacial score (nSPS) is 11.2. The average Bonchev–Trinajstić information content (AvgIpc) is 3.26. The van der Waals surface area contributed by atoms with Gasteiger partial charge in [0, 0.05) is 33.4 Å². The lowest BCUT2D eigenvalue weighted by atomic mass is 9.97. The number of halogens is 2. The van der Waals surface area contributed by atoms with Gasteiger partial charge in [0.05, 0.1) is 25.3 Å². The van der Waals surface area contributed by atoms with Crippen LogP contribution in [0.5, 0.6) is 5.75 Å². The monoisotopic (exact) mass is 601 g/mol. The first-order valence-electron chi connectivity index (χ1n) is 12.9. The summed E-state index contributed by atoms with van der Waals surface area (Å²) < 4.78 is 13.4. The second kappa shape index (κ2) is 12.5. The van der Waals surface area contributed by atoms with Crippen LogP contribution >= 0.6 is 27.5 Å². The summed E-state index contributed by atoms with van der Waals surface area (Å²) in [6.45, 7) is 0.486. The van der Waals surface area contributed by atoms with Gasteiger partial charge >= 0.3 is 5.97 Å². The maximum atomic E-state index is 11.8. The van der Waals surface area contributed by atoms with Crippen molar-refractivity contribution in [1.29, 1.82) is 0 Å². The molecule has 0 spiro atoms. The minimum Gasteiger partial charge on any atom is -0.493 e. The average molecular weight is 603 g/mol. The molecule has 0 aliphatic rings. The molecule has 0 amide bonds. The molecule has 0 aliphatic heterocycles. The molecule has 39 heavy (non-hydrogen) atoms. The first kappa shape index (κ1) is 27.0. The van der Waals surface area contributed by atoms with Gasteiger partial charge in [0.15, 0.2) is 0 Å². The molecule has 1 aromatic heterocycles. The Hall–Kier alpha value is -3.54. The fraction of sp³-hybridized carbons (Fsp3) is 0.182. The maximum Gasteiger partial charge on any atom is 0.337 e. The number of methoxy groups -OCH3 is 1. The number of hydrogen-bond donors (Lipinski definition) is 0. The van der Waals surface area contributed by atoms with Gasteiger partial charge in [-0.15, -0.1) is 0 Å². The molecule has 4 aromatic carbocycles. The molecule has 5 aromatic rings. The predicted octanol–water partition coefficient (Wildman–Crippen LogP) is 8.28. The zero-order valence-corrected chi connectivity index (χ0v) is 24.0. The molecule has 0 saturated heterocycles. The second-order valence-electron chi connectivity index (χ2n) is 9.23. The number of alkyl halides is 1. The number of nitrogens with zero attached hydrogens (tertiary/aromatic N) is 1. The highest BCUT2D eigenvalue weighted by molar-refractivity contribution is 9.09. The highest BCUT2D eigenvalue weighted by Crippen LogP contribution is 2.38. The quantitative estimate of drug-likeness (QED) is 0.119. The molecule has 0 radical (unpaired) electrons. The summed E-state index contributed by atoms with van der Waals surface area (Å²) in [7, 11) is 1.38. The van der Waals surface area contributed by atoms with Gasteiger partial charge in [-0.3, -0.25) is 0 Å². The Labute approximate surface area is 242 Å². The van der Waals surface area contributed by atoms with Gasteiger partial charge in [-0.2, -0.15) is 0 Å². The minimum absolute atomic E-state index is 0.00524. The molecule has 0 unspecified atom stereocenters. The smallest absolute Gasteiger partial charge is 0.337 e. The number of fused-ring (bicyclic) bond motifs is 1. The van der Waals surface area contributed by atoms with Crippen LogP contribution in [0.2, 0.25) is 5.02 Å². The number of ether oxygens (including phenoxy) is 2. The van der Waals surface area contributed by atoms with E-state index >= 15 is 0 Å². The van der Waals surface area contributed by atoms with Crippen LogP contribution < -0.4 is 4.74 Å². The van der Waals surface area contributed by atoms with E-state index in [-0.39, 0.29) is 12.0 Å². The number of rotatable bonds is 10. The van der Waals surface area contributed by atoms with E-state index in [1.807, 2.05) is 6.07 Å². The van der Waals surface area contributed by atoms with Crippen molar-refractivity contribution in [1.82, 2.24) is 4.57 Å². The van der Waals surface area contributed by atoms with Crippen molar-refractivity contribution >= 4 is 44.4 Å².